The van der Waals surface area contributed by atoms with Gasteiger partial charge < -0.3 is 14.9 Å². The molecule has 94 valence electrons. The Hall–Kier alpha value is -1.13. The molecule has 1 aromatic heterocycles. The number of hydrogen-bond donors (Lipinski definition) is 1. The molecule has 1 aromatic rings. The molecule has 0 aliphatic carbocycles. The fraction of sp³-hybridized carbons (Fsp3) is 0.615. The highest BCUT2D eigenvalue weighted by Gasteiger charge is 2.19. The Bertz CT molecular complexity index is 359. The molecule has 0 saturated carbocycles. The lowest BCUT2D eigenvalue weighted by atomic mass is 10.1. The van der Waals surface area contributed by atoms with Crippen LogP contribution < -0.4 is 4.90 Å². The first-order valence-electron chi connectivity index (χ1n) is 6.18. The van der Waals surface area contributed by atoms with Crippen LogP contribution in [0.2, 0.25) is 0 Å². The molecule has 1 saturated heterocycles. The summed E-state index contributed by atoms with van der Waals surface area (Å²) in [7, 11) is 4.11. The summed E-state index contributed by atoms with van der Waals surface area (Å²) in [5.74, 6) is 0. The van der Waals surface area contributed by atoms with Gasteiger partial charge in [0.05, 0.1) is 17.5 Å². The van der Waals surface area contributed by atoms with Crippen LogP contribution in [0, 0.1) is 0 Å². The number of aliphatic hydroxyl groups is 1. The van der Waals surface area contributed by atoms with E-state index in [-0.39, 0.29) is 6.10 Å². The van der Waals surface area contributed by atoms with Gasteiger partial charge in [-0.25, -0.2) is 0 Å². The smallest absolute Gasteiger partial charge is 0.0776 e. The Morgan fingerprint density at radius 3 is 2.76 bits per heavy atom. The van der Waals surface area contributed by atoms with E-state index in [1.165, 1.54) is 5.69 Å². The number of anilines is 1. The lowest BCUT2D eigenvalue weighted by molar-refractivity contribution is 0.145. The highest BCUT2D eigenvalue weighted by Crippen LogP contribution is 2.23. The van der Waals surface area contributed by atoms with Crippen molar-refractivity contribution in [2.24, 2.45) is 0 Å². The zero-order chi connectivity index (χ0) is 12.3. The highest BCUT2D eigenvalue weighted by atomic mass is 16.3. The Balaban J connectivity index is 2.14. The minimum absolute atomic E-state index is 0.125. The van der Waals surface area contributed by atoms with E-state index in [2.05, 4.69) is 34.9 Å². The maximum Gasteiger partial charge on any atom is 0.0776 e. The molecule has 1 aliphatic rings. The van der Waals surface area contributed by atoms with Gasteiger partial charge in [-0.2, -0.15) is 0 Å². The molecule has 2 heterocycles. The van der Waals surface area contributed by atoms with E-state index < -0.39 is 0 Å². The number of pyridine rings is 1. The third kappa shape index (κ3) is 3.17. The van der Waals surface area contributed by atoms with Crippen molar-refractivity contribution >= 4 is 5.69 Å². The van der Waals surface area contributed by atoms with Gasteiger partial charge in [0.2, 0.25) is 0 Å². The van der Waals surface area contributed by atoms with Crippen molar-refractivity contribution in [3.8, 4) is 0 Å². The summed E-state index contributed by atoms with van der Waals surface area (Å²) >= 11 is 0. The Morgan fingerprint density at radius 1 is 1.41 bits per heavy atom. The number of hydrogen-bond acceptors (Lipinski definition) is 4. The van der Waals surface area contributed by atoms with E-state index in [0.717, 1.165) is 38.2 Å². The normalized spacial score (nSPS) is 17.8. The molecule has 4 nitrogen and oxygen atoms in total. The third-order valence-corrected chi connectivity index (χ3v) is 3.14. The fourth-order valence-electron chi connectivity index (χ4n) is 2.25. The molecule has 0 unspecified atom stereocenters. The molecule has 1 fully saturated rings. The van der Waals surface area contributed by atoms with Crippen molar-refractivity contribution in [3.05, 3.63) is 24.0 Å². The molecular weight excluding hydrogens is 214 g/mol. The Labute approximate surface area is 103 Å². The molecule has 0 atom stereocenters. The molecule has 1 N–H and O–H groups in total. The second kappa shape index (κ2) is 5.47. The zero-order valence-electron chi connectivity index (χ0n) is 10.6. The summed E-state index contributed by atoms with van der Waals surface area (Å²) in [6, 6.07) is 4.11. The number of nitrogens with zero attached hydrogens (tertiary/aromatic N) is 3. The molecule has 0 aromatic carbocycles. The molecule has 0 radical (unpaired) electrons. The number of piperidine rings is 1. The van der Waals surface area contributed by atoms with E-state index >= 15 is 0 Å². The van der Waals surface area contributed by atoms with E-state index in [1.807, 2.05) is 12.3 Å². The SMILES string of the molecule is CN(C)Cc1ncccc1N1CCC(O)CC1. The van der Waals surface area contributed by atoms with Gasteiger partial charge in [0.25, 0.3) is 0 Å². The van der Waals surface area contributed by atoms with Crippen LogP contribution in [-0.4, -0.2) is 48.3 Å². The summed E-state index contributed by atoms with van der Waals surface area (Å²) in [6.07, 6.45) is 3.44. The van der Waals surface area contributed by atoms with Gasteiger partial charge in [0.15, 0.2) is 0 Å². The monoisotopic (exact) mass is 235 g/mol. The molecule has 2 rings (SSSR count). The molecule has 4 heteroatoms. The van der Waals surface area contributed by atoms with Gasteiger partial charge in [0, 0.05) is 25.8 Å². The van der Waals surface area contributed by atoms with E-state index in [0.29, 0.717) is 0 Å². The van der Waals surface area contributed by atoms with Gasteiger partial charge >= 0.3 is 0 Å². The van der Waals surface area contributed by atoms with Crippen LogP contribution >= 0.6 is 0 Å². The minimum Gasteiger partial charge on any atom is -0.393 e. The van der Waals surface area contributed by atoms with Crippen molar-refractivity contribution < 1.29 is 5.11 Å². The molecule has 0 amide bonds. The standard InChI is InChI=1S/C13H21N3O/c1-15(2)10-12-13(4-3-7-14-12)16-8-5-11(17)6-9-16/h3-4,7,11,17H,5-6,8-10H2,1-2H3. The van der Waals surface area contributed by atoms with Crippen molar-refractivity contribution in [3.63, 3.8) is 0 Å². The lowest BCUT2D eigenvalue weighted by Gasteiger charge is -2.32. The average Bonchev–Trinajstić information content (AvgIpc) is 2.30. The van der Waals surface area contributed by atoms with Gasteiger partial charge in [0.1, 0.15) is 0 Å². The van der Waals surface area contributed by atoms with Crippen molar-refractivity contribution in [1.29, 1.82) is 0 Å². The Morgan fingerprint density at radius 2 is 2.12 bits per heavy atom. The van der Waals surface area contributed by atoms with Crippen LogP contribution in [0.15, 0.2) is 18.3 Å². The van der Waals surface area contributed by atoms with Crippen LogP contribution in [0.4, 0.5) is 5.69 Å². The first-order chi connectivity index (χ1) is 8.16. The summed E-state index contributed by atoms with van der Waals surface area (Å²) in [4.78, 5) is 8.93. The molecule has 17 heavy (non-hydrogen) atoms. The maximum atomic E-state index is 9.54. The first kappa shape index (κ1) is 12.3. The van der Waals surface area contributed by atoms with Gasteiger partial charge in [-0.05, 0) is 39.1 Å². The molecule has 1 aliphatic heterocycles. The number of aromatic nitrogens is 1. The fourth-order valence-corrected chi connectivity index (χ4v) is 2.25. The second-order valence-corrected chi connectivity index (χ2v) is 4.93. The van der Waals surface area contributed by atoms with Crippen LogP contribution in [0.25, 0.3) is 0 Å². The van der Waals surface area contributed by atoms with Crippen LogP contribution in [0.1, 0.15) is 18.5 Å². The van der Waals surface area contributed by atoms with Gasteiger partial charge in [-0.1, -0.05) is 0 Å². The molecule has 0 spiro atoms. The average molecular weight is 235 g/mol. The minimum atomic E-state index is -0.125. The van der Waals surface area contributed by atoms with Crippen molar-refractivity contribution in [2.45, 2.75) is 25.5 Å². The van der Waals surface area contributed by atoms with Crippen LogP contribution in [-0.2, 0) is 6.54 Å². The largest absolute Gasteiger partial charge is 0.393 e. The van der Waals surface area contributed by atoms with E-state index in [1.54, 1.807) is 0 Å². The number of rotatable bonds is 3. The quantitative estimate of drug-likeness (QED) is 0.852. The summed E-state index contributed by atoms with van der Waals surface area (Å²) in [5, 5.41) is 9.54. The zero-order valence-corrected chi connectivity index (χ0v) is 10.6. The lowest BCUT2D eigenvalue weighted by Crippen LogP contribution is -2.36. The highest BCUT2D eigenvalue weighted by molar-refractivity contribution is 5.50. The number of aliphatic hydroxyl groups excluding tert-OH is 1. The first-order valence-corrected chi connectivity index (χ1v) is 6.18. The second-order valence-electron chi connectivity index (χ2n) is 4.93. The van der Waals surface area contributed by atoms with Crippen molar-refractivity contribution in [2.75, 3.05) is 32.1 Å². The summed E-state index contributed by atoms with van der Waals surface area (Å²) < 4.78 is 0. The van der Waals surface area contributed by atoms with Crippen LogP contribution in [0.3, 0.4) is 0 Å². The topological polar surface area (TPSA) is 39.6 Å². The predicted molar refractivity (Wildman–Crippen MR) is 69.1 cm³/mol. The van der Waals surface area contributed by atoms with Gasteiger partial charge in [-0.15, -0.1) is 0 Å². The van der Waals surface area contributed by atoms with Gasteiger partial charge in [-0.3, -0.25) is 4.98 Å². The van der Waals surface area contributed by atoms with Crippen molar-refractivity contribution in [1.82, 2.24) is 9.88 Å². The van der Waals surface area contributed by atoms with E-state index in [9.17, 15) is 5.11 Å². The summed E-state index contributed by atoms with van der Waals surface area (Å²) in [6.45, 7) is 2.70. The van der Waals surface area contributed by atoms with Crippen LogP contribution in [0.5, 0.6) is 0 Å². The third-order valence-electron chi connectivity index (χ3n) is 3.14. The maximum absolute atomic E-state index is 9.54. The molecular formula is C13H21N3O. The molecule has 0 bridgehead atoms. The Kier molecular flexibility index (Phi) is 3.97. The van der Waals surface area contributed by atoms with E-state index in [4.69, 9.17) is 0 Å². The predicted octanol–water partition coefficient (Wildman–Crippen LogP) is 1.10. The summed E-state index contributed by atoms with van der Waals surface area (Å²) in [5.41, 5.74) is 2.34.